The second-order valence-electron chi connectivity index (χ2n) is 24.8. The van der Waals surface area contributed by atoms with Crippen molar-refractivity contribution in [2.24, 2.45) is 11.8 Å². The van der Waals surface area contributed by atoms with Crippen molar-refractivity contribution in [1.29, 1.82) is 0 Å². The predicted molar refractivity (Wildman–Crippen MR) is 340 cm³/mol. The first-order valence-electron chi connectivity index (χ1n) is 34.5. The summed E-state index contributed by atoms with van der Waals surface area (Å²) in [6.45, 7) is 9.45. The van der Waals surface area contributed by atoms with Crippen LogP contribution < -0.4 is 0 Å². The van der Waals surface area contributed by atoms with Crippen molar-refractivity contribution in [3.8, 4) is 0 Å². The molecule has 85 heavy (non-hydrogen) atoms. The van der Waals surface area contributed by atoms with Crippen molar-refractivity contribution in [2.75, 3.05) is 39.6 Å². The molecule has 0 saturated heterocycles. The molecule has 2 unspecified atom stereocenters. The van der Waals surface area contributed by atoms with Crippen LogP contribution in [0.4, 0.5) is 0 Å². The highest BCUT2D eigenvalue weighted by molar-refractivity contribution is 7.47. The molecular weight excluding hydrogens is 1130 g/mol. The van der Waals surface area contributed by atoms with Gasteiger partial charge in [-0.25, -0.2) is 9.13 Å². The Bertz CT molecular complexity index is 1670. The van der Waals surface area contributed by atoms with Crippen molar-refractivity contribution >= 4 is 39.5 Å². The fourth-order valence-electron chi connectivity index (χ4n) is 9.88. The van der Waals surface area contributed by atoms with Crippen molar-refractivity contribution in [2.45, 2.75) is 349 Å². The summed E-state index contributed by atoms with van der Waals surface area (Å²) in [7, 11) is -9.88. The average Bonchev–Trinajstić information content (AvgIpc) is 3.56. The number of phosphoric acid groups is 2. The zero-order chi connectivity index (χ0) is 62.9. The molecule has 5 atom stereocenters. The van der Waals surface area contributed by atoms with Crippen molar-refractivity contribution in [1.82, 2.24) is 0 Å². The van der Waals surface area contributed by atoms with Gasteiger partial charge in [0, 0.05) is 25.7 Å². The van der Waals surface area contributed by atoms with E-state index < -0.39 is 97.5 Å². The average molecular weight is 1260 g/mol. The van der Waals surface area contributed by atoms with E-state index in [1.54, 1.807) is 0 Å². The van der Waals surface area contributed by atoms with Gasteiger partial charge in [-0.05, 0) is 37.5 Å². The lowest BCUT2D eigenvalue weighted by molar-refractivity contribution is -0.161. The van der Waals surface area contributed by atoms with Gasteiger partial charge >= 0.3 is 39.5 Å². The molecule has 0 spiro atoms. The Morgan fingerprint density at radius 2 is 0.541 bits per heavy atom. The molecular formula is C66H128O17P2. The number of hydrogen-bond acceptors (Lipinski definition) is 15. The van der Waals surface area contributed by atoms with Crippen molar-refractivity contribution in [3.05, 3.63) is 0 Å². The summed E-state index contributed by atoms with van der Waals surface area (Å²) in [6.07, 6.45) is 41.9. The summed E-state index contributed by atoms with van der Waals surface area (Å²) >= 11 is 0. The van der Waals surface area contributed by atoms with Crippen LogP contribution in [0.25, 0.3) is 0 Å². The van der Waals surface area contributed by atoms with Crippen LogP contribution in [0.2, 0.25) is 0 Å². The van der Waals surface area contributed by atoms with Crippen LogP contribution in [0.5, 0.6) is 0 Å². The molecule has 17 nitrogen and oxygen atoms in total. The van der Waals surface area contributed by atoms with Gasteiger partial charge in [-0.2, -0.15) is 0 Å². The quantitative estimate of drug-likeness (QED) is 0.0222. The summed E-state index contributed by atoms with van der Waals surface area (Å²) in [5.41, 5.74) is 0. The molecule has 0 aliphatic rings. The van der Waals surface area contributed by atoms with E-state index in [0.29, 0.717) is 25.7 Å². The molecule has 0 heterocycles. The third kappa shape index (κ3) is 60.7. The van der Waals surface area contributed by atoms with Crippen LogP contribution in [0.3, 0.4) is 0 Å². The highest BCUT2D eigenvalue weighted by Gasteiger charge is 2.30. The maximum atomic E-state index is 13.0. The first-order chi connectivity index (χ1) is 40.9. The molecule has 0 rings (SSSR count). The number of aliphatic hydroxyl groups excluding tert-OH is 1. The first kappa shape index (κ1) is 83.1. The van der Waals surface area contributed by atoms with Crippen molar-refractivity contribution in [3.63, 3.8) is 0 Å². The molecule has 0 aliphatic heterocycles. The van der Waals surface area contributed by atoms with E-state index in [-0.39, 0.29) is 25.7 Å². The monoisotopic (exact) mass is 1250 g/mol. The molecule has 0 bridgehead atoms. The summed E-state index contributed by atoms with van der Waals surface area (Å²) < 4.78 is 67.9. The molecule has 0 aromatic carbocycles. The number of carbonyl (C=O) groups excluding carboxylic acids is 4. The van der Waals surface area contributed by atoms with Crippen LogP contribution in [0.1, 0.15) is 330 Å². The predicted octanol–water partition coefficient (Wildman–Crippen LogP) is 18.4. The maximum absolute atomic E-state index is 13.0. The number of ether oxygens (including phenoxy) is 4. The van der Waals surface area contributed by atoms with Gasteiger partial charge in [-0.3, -0.25) is 37.3 Å². The van der Waals surface area contributed by atoms with Gasteiger partial charge in [-0.1, -0.05) is 279 Å². The van der Waals surface area contributed by atoms with E-state index in [0.717, 1.165) is 115 Å². The van der Waals surface area contributed by atoms with Gasteiger partial charge in [0.05, 0.1) is 26.4 Å². The van der Waals surface area contributed by atoms with Crippen LogP contribution in [-0.4, -0.2) is 96.7 Å². The smallest absolute Gasteiger partial charge is 0.462 e. The van der Waals surface area contributed by atoms with Gasteiger partial charge in [0.1, 0.15) is 19.3 Å². The minimum Gasteiger partial charge on any atom is -0.462 e. The van der Waals surface area contributed by atoms with Crippen LogP contribution in [0, 0.1) is 11.8 Å². The Hall–Kier alpha value is -1.94. The number of phosphoric ester groups is 2. The zero-order valence-electron chi connectivity index (χ0n) is 54.9. The van der Waals surface area contributed by atoms with Gasteiger partial charge in [0.15, 0.2) is 12.2 Å². The Kier molecular flexibility index (Phi) is 57.1. The van der Waals surface area contributed by atoms with E-state index in [4.69, 9.17) is 37.0 Å². The van der Waals surface area contributed by atoms with Crippen LogP contribution in [-0.2, 0) is 65.4 Å². The van der Waals surface area contributed by atoms with Gasteiger partial charge in [0.25, 0.3) is 0 Å². The number of carbonyl (C=O) groups is 4. The van der Waals surface area contributed by atoms with E-state index in [9.17, 15) is 43.2 Å². The number of aliphatic hydroxyl groups is 1. The van der Waals surface area contributed by atoms with E-state index >= 15 is 0 Å². The van der Waals surface area contributed by atoms with Gasteiger partial charge < -0.3 is 33.8 Å². The summed E-state index contributed by atoms with van der Waals surface area (Å²) in [5, 5.41) is 10.5. The molecule has 0 amide bonds. The summed E-state index contributed by atoms with van der Waals surface area (Å²) in [5.74, 6) is -0.607. The number of rotatable bonds is 65. The second kappa shape index (κ2) is 58.4. The Morgan fingerprint density at radius 3 is 0.800 bits per heavy atom. The fourth-order valence-corrected chi connectivity index (χ4v) is 11.5. The lowest BCUT2D eigenvalue weighted by Gasteiger charge is -2.21. The van der Waals surface area contributed by atoms with Crippen LogP contribution in [0.15, 0.2) is 0 Å². The molecule has 0 aromatic rings. The van der Waals surface area contributed by atoms with E-state index in [1.165, 1.54) is 135 Å². The van der Waals surface area contributed by atoms with Gasteiger partial charge in [0.2, 0.25) is 0 Å². The molecule has 504 valence electrons. The lowest BCUT2D eigenvalue weighted by atomic mass is 10.0. The maximum Gasteiger partial charge on any atom is 0.472 e. The minimum absolute atomic E-state index is 0.105. The van der Waals surface area contributed by atoms with Crippen LogP contribution >= 0.6 is 15.6 Å². The number of esters is 4. The Labute approximate surface area is 517 Å². The molecule has 0 saturated carbocycles. The third-order valence-electron chi connectivity index (χ3n) is 15.2. The third-order valence-corrected chi connectivity index (χ3v) is 17.1. The normalized spacial score (nSPS) is 14.2. The van der Waals surface area contributed by atoms with Crippen molar-refractivity contribution < 1.29 is 80.2 Å². The summed E-state index contributed by atoms with van der Waals surface area (Å²) in [4.78, 5) is 72.1. The van der Waals surface area contributed by atoms with E-state index in [1.807, 2.05) is 0 Å². The standard InChI is InChI=1S/C66H128O17P2/c1-7-9-11-13-15-23-32-38-44-50-65(70)82-61(54-76-63(68)48-42-36-28-14-12-10-8-2)56-80-84(72,73)78-52-60(67)53-79-85(74,75)81-57-62(55-77-64(69)49-43-37-31-27-26-30-35-41-47-59(5)6)83-66(71)51-45-39-33-25-22-20-18-16-17-19-21-24-29-34-40-46-58(3)4/h58-62,67H,7-57H2,1-6H3,(H,72,73)(H,74,75)/t60-,61+,62+/m0/s1. The molecule has 0 radical (unpaired) electrons. The summed E-state index contributed by atoms with van der Waals surface area (Å²) in [6, 6.07) is 0. The Balaban J connectivity index is 5.17. The molecule has 0 aromatic heterocycles. The largest absolute Gasteiger partial charge is 0.472 e. The number of unbranched alkanes of at least 4 members (excludes halogenated alkanes) is 35. The lowest BCUT2D eigenvalue weighted by Crippen LogP contribution is -2.30. The number of hydrogen-bond donors (Lipinski definition) is 3. The molecule has 0 fully saturated rings. The fraction of sp³-hybridized carbons (Fsp3) is 0.939. The zero-order valence-corrected chi connectivity index (χ0v) is 56.7. The second-order valence-corrected chi connectivity index (χ2v) is 27.7. The molecule has 3 N–H and O–H groups in total. The highest BCUT2D eigenvalue weighted by atomic mass is 31.2. The molecule has 0 aliphatic carbocycles. The van der Waals surface area contributed by atoms with E-state index in [2.05, 4.69) is 41.5 Å². The molecule has 19 heteroatoms. The topological polar surface area (TPSA) is 237 Å². The highest BCUT2D eigenvalue weighted by Crippen LogP contribution is 2.45. The van der Waals surface area contributed by atoms with Gasteiger partial charge in [-0.15, -0.1) is 0 Å². The minimum atomic E-state index is -4.95. The Morgan fingerprint density at radius 1 is 0.318 bits per heavy atom. The SMILES string of the molecule is CCCCCCCCCCCC(=O)O[C@H](COC(=O)CCCCCCCCC)COP(=O)(O)OC[C@H](O)COP(=O)(O)OC[C@@H](COC(=O)CCCCCCCCCCC(C)C)OC(=O)CCCCCCCCCCCCCCCCCC(C)C. The first-order valence-corrected chi connectivity index (χ1v) is 37.5.